The minimum absolute atomic E-state index is 0.173. The Morgan fingerprint density at radius 2 is 1.78 bits per heavy atom. The fraction of sp³-hybridized carbons (Fsp3) is 0.0909. The number of amides is 1. The Labute approximate surface area is 156 Å². The maximum Gasteiger partial charge on any atom is 0.251 e. The van der Waals surface area contributed by atoms with Crippen molar-refractivity contribution in [1.82, 2.24) is 10.5 Å². The second-order valence-corrected chi connectivity index (χ2v) is 6.16. The van der Waals surface area contributed by atoms with Gasteiger partial charge in [-0.3, -0.25) is 4.79 Å². The first kappa shape index (κ1) is 16.8. The van der Waals surface area contributed by atoms with Crippen molar-refractivity contribution in [2.24, 2.45) is 0 Å². The van der Waals surface area contributed by atoms with Crippen molar-refractivity contribution in [3.05, 3.63) is 84.1 Å². The molecule has 0 aliphatic carbocycles. The molecule has 0 aliphatic rings. The van der Waals surface area contributed by atoms with Gasteiger partial charge in [0.05, 0.1) is 13.7 Å². The number of benzene rings is 3. The number of ether oxygens (including phenoxy) is 1. The van der Waals surface area contributed by atoms with Gasteiger partial charge in [0.25, 0.3) is 5.91 Å². The van der Waals surface area contributed by atoms with Gasteiger partial charge in [-0.1, -0.05) is 41.6 Å². The number of hydrogen-bond donors (Lipinski definition) is 1. The summed E-state index contributed by atoms with van der Waals surface area (Å²) >= 11 is 0. The first-order valence-electron chi connectivity index (χ1n) is 8.60. The zero-order chi connectivity index (χ0) is 18.6. The zero-order valence-corrected chi connectivity index (χ0v) is 14.8. The molecule has 5 nitrogen and oxygen atoms in total. The lowest BCUT2D eigenvalue weighted by atomic mass is 10.1. The normalized spacial score (nSPS) is 10.7. The number of carbonyl (C=O) groups is 1. The lowest BCUT2D eigenvalue weighted by Gasteiger charge is -2.04. The first-order chi connectivity index (χ1) is 13.2. The molecular formula is C22H18N2O3. The summed E-state index contributed by atoms with van der Waals surface area (Å²) < 4.78 is 10.5. The van der Waals surface area contributed by atoms with Gasteiger partial charge in [-0.25, -0.2) is 0 Å². The number of nitrogens with zero attached hydrogens (tertiary/aromatic N) is 1. The molecule has 0 aliphatic heterocycles. The van der Waals surface area contributed by atoms with Crippen molar-refractivity contribution in [2.45, 2.75) is 6.54 Å². The van der Waals surface area contributed by atoms with Crippen LogP contribution in [-0.4, -0.2) is 18.2 Å². The summed E-state index contributed by atoms with van der Waals surface area (Å²) in [5.41, 5.74) is 2.18. The number of rotatable bonds is 5. The number of methoxy groups -OCH3 is 1. The molecule has 0 radical (unpaired) electrons. The third-order valence-corrected chi connectivity index (χ3v) is 4.38. The largest absolute Gasteiger partial charge is 0.497 e. The molecule has 0 saturated carbocycles. The van der Waals surface area contributed by atoms with Crippen LogP contribution in [0.25, 0.3) is 22.1 Å². The van der Waals surface area contributed by atoms with Crippen molar-refractivity contribution in [1.29, 1.82) is 0 Å². The monoisotopic (exact) mass is 358 g/mol. The molecule has 0 saturated heterocycles. The second-order valence-electron chi connectivity index (χ2n) is 6.16. The highest BCUT2D eigenvalue weighted by molar-refractivity contribution is 5.94. The lowest BCUT2D eigenvalue weighted by molar-refractivity contribution is 0.0950. The van der Waals surface area contributed by atoms with Crippen LogP contribution in [-0.2, 0) is 6.54 Å². The number of fused-ring (bicyclic) bond motifs is 1. The quantitative estimate of drug-likeness (QED) is 0.573. The molecule has 0 atom stereocenters. The van der Waals surface area contributed by atoms with Crippen LogP contribution in [0.4, 0.5) is 0 Å². The van der Waals surface area contributed by atoms with Crippen molar-refractivity contribution in [3.63, 3.8) is 0 Å². The van der Waals surface area contributed by atoms with E-state index >= 15 is 0 Å². The van der Waals surface area contributed by atoms with Crippen LogP contribution in [0.3, 0.4) is 0 Å². The SMILES string of the molecule is COc1ccc(C(=O)NCc2cc(-c3ccc4ccccc4c3)on2)cc1. The van der Waals surface area contributed by atoms with E-state index in [-0.39, 0.29) is 5.91 Å². The molecule has 0 bridgehead atoms. The minimum atomic E-state index is -0.173. The molecule has 0 spiro atoms. The van der Waals surface area contributed by atoms with Crippen LogP contribution in [0.1, 0.15) is 16.1 Å². The number of hydrogen-bond acceptors (Lipinski definition) is 4. The molecule has 1 heterocycles. The van der Waals surface area contributed by atoms with E-state index in [0.717, 1.165) is 10.9 Å². The first-order valence-corrected chi connectivity index (χ1v) is 8.60. The molecule has 3 aromatic carbocycles. The van der Waals surface area contributed by atoms with Crippen molar-refractivity contribution < 1.29 is 14.1 Å². The van der Waals surface area contributed by atoms with Gasteiger partial charge in [0.1, 0.15) is 11.4 Å². The van der Waals surface area contributed by atoms with Gasteiger partial charge in [0, 0.05) is 17.2 Å². The summed E-state index contributed by atoms with van der Waals surface area (Å²) in [5.74, 6) is 1.21. The van der Waals surface area contributed by atoms with Gasteiger partial charge in [-0.15, -0.1) is 0 Å². The highest BCUT2D eigenvalue weighted by atomic mass is 16.5. The summed E-state index contributed by atoms with van der Waals surface area (Å²) in [6.45, 7) is 0.294. The Kier molecular flexibility index (Phi) is 4.58. The van der Waals surface area contributed by atoms with E-state index in [1.54, 1.807) is 31.4 Å². The van der Waals surface area contributed by atoms with Crippen molar-refractivity contribution in [2.75, 3.05) is 7.11 Å². The van der Waals surface area contributed by atoms with Gasteiger partial charge in [-0.2, -0.15) is 0 Å². The topological polar surface area (TPSA) is 64.4 Å². The standard InChI is InChI=1S/C22H18N2O3/c1-26-20-10-8-16(9-11-20)22(25)23-14-19-13-21(27-24-19)18-7-6-15-4-2-3-5-17(15)12-18/h2-13H,14H2,1H3,(H,23,25). The van der Waals surface area contributed by atoms with E-state index in [0.29, 0.717) is 29.3 Å². The van der Waals surface area contributed by atoms with Gasteiger partial charge in [0.2, 0.25) is 0 Å². The van der Waals surface area contributed by atoms with Crippen LogP contribution < -0.4 is 10.1 Å². The van der Waals surface area contributed by atoms with Crippen molar-refractivity contribution in [3.8, 4) is 17.1 Å². The molecule has 1 N–H and O–H groups in total. The van der Waals surface area contributed by atoms with Gasteiger partial charge in [0.15, 0.2) is 5.76 Å². The number of aromatic nitrogens is 1. The maximum absolute atomic E-state index is 12.2. The Morgan fingerprint density at radius 3 is 2.56 bits per heavy atom. The van der Waals surface area contributed by atoms with E-state index in [1.165, 1.54) is 5.39 Å². The van der Waals surface area contributed by atoms with Crippen LogP contribution >= 0.6 is 0 Å². The van der Waals surface area contributed by atoms with E-state index in [2.05, 4.69) is 34.7 Å². The van der Waals surface area contributed by atoms with Gasteiger partial charge < -0.3 is 14.6 Å². The summed E-state index contributed by atoms with van der Waals surface area (Å²) in [6, 6.07) is 23.1. The summed E-state index contributed by atoms with van der Waals surface area (Å²) in [5, 5.41) is 9.21. The zero-order valence-electron chi connectivity index (χ0n) is 14.8. The highest BCUT2D eigenvalue weighted by Crippen LogP contribution is 2.25. The van der Waals surface area contributed by atoms with Crippen molar-refractivity contribution >= 4 is 16.7 Å². The smallest absolute Gasteiger partial charge is 0.251 e. The Bertz CT molecular complexity index is 1080. The Morgan fingerprint density at radius 1 is 1.00 bits per heavy atom. The Hall–Kier alpha value is -3.60. The molecular weight excluding hydrogens is 340 g/mol. The minimum Gasteiger partial charge on any atom is -0.497 e. The van der Waals surface area contributed by atoms with Gasteiger partial charge in [-0.05, 0) is 41.1 Å². The van der Waals surface area contributed by atoms with E-state index < -0.39 is 0 Å². The predicted molar refractivity (Wildman–Crippen MR) is 104 cm³/mol. The second kappa shape index (κ2) is 7.33. The maximum atomic E-state index is 12.2. The van der Waals surface area contributed by atoms with E-state index in [1.807, 2.05) is 24.3 Å². The molecule has 134 valence electrons. The molecule has 1 aromatic heterocycles. The number of carbonyl (C=O) groups excluding carboxylic acids is 1. The molecule has 5 heteroatoms. The third kappa shape index (κ3) is 3.67. The van der Waals surface area contributed by atoms with E-state index in [4.69, 9.17) is 9.26 Å². The van der Waals surface area contributed by atoms with Crippen LogP contribution in [0, 0.1) is 0 Å². The molecule has 4 rings (SSSR count). The lowest BCUT2D eigenvalue weighted by Crippen LogP contribution is -2.22. The summed E-state index contributed by atoms with van der Waals surface area (Å²) in [6.07, 6.45) is 0. The Balaban J connectivity index is 1.44. The molecule has 27 heavy (non-hydrogen) atoms. The van der Waals surface area contributed by atoms with Crippen LogP contribution in [0.5, 0.6) is 5.75 Å². The fourth-order valence-electron chi connectivity index (χ4n) is 2.89. The molecule has 0 fully saturated rings. The van der Waals surface area contributed by atoms with Crippen LogP contribution in [0.2, 0.25) is 0 Å². The van der Waals surface area contributed by atoms with Crippen LogP contribution in [0.15, 0.2) is 77.3 Å². The summed E-state index contributed by atoms with van der Waals surface area (Å²) in [7, 11) is 1.59. The van der Waals surface area contributed by atoms with E-state index in [9.17, 15) is 4.79 Å². The fourth-order valence-corrected chi connectivity index (χ4v) is 2.89. The number of nitrogens with one attached hydrogen (secondary N) is 1. The van der Waals surface area contributed by atoms with Gasteiger partial charge >= 0.3 is 0 Å². The molecule has 0 unspecified atom stereocenters. The average Bonchev–Trinajstić information content (AvgIpc) is 3.21. The third-order valence-electron chi connectivity index (χ3n) is 4.38. The summed E-state index contributed by atoms with van der Waals surface area (Å²) in [4.78, 5) is 12.2. The molecule has 4 aromatic rings. The highest BCUT2D eigenvalue weighted by Gasteiger charge is 2.10. The average molecular weight is 358 g/mol. The predicted octanol–water partition coefficient (Wildman–Crippen LogP) is 4.43. The molecule has 1 amide bonds.